The number of carbonyl (C=O) groups excluding carboxylic acids is 1. The van der Waals surface area contributed by atoms with Gasteiger partial charge in [-0.3, -0.25) is 0 Å². The first-order chi connectivity index (χ1) is 12.7. The number of esters is 1. The van der Waals surface area contributed by atoms with Crippen molar-refractivity contribution in [3.63, 3.8) is 0 Å². The zero-order chi connectivity index (χ0) is 18.1. The minimum atomic E-state index is -0.285. The number of ether oxygens (including phenoxy) is 1. The Hall–Kier alpha value is -2.47. The highest BCUT2D eigenvalue weighted by molar-refractivity contribution is 5.98. The van der Waals surface area contributed by atoms with Crippen LogP contribution in [0.4, 0.5) is 5.82 Å². The maximum Gasteiger partial charge on any atom is 0.342 e. The van der Waals surface area contributed by atoms with Crippen LogP contribution in [0, 0.1) is 0 Å². The Labute approximate surface area is 153 Å². The molecular formula is C20H24N4O2. The van der Waals surface area contributed by atoms with Crippen LogP contribution in [0.5, 0.6) is 0 Å². The number of piperazine rings is 1. The highest BCUT2D eigenvalue weighted by atomic mass is 16.5. The summed E-state index contributed by atoms with van der Waals surface area (Å²) in [6.45, 7) is 5.77. The summed E-state index contributed by atoms with van der Waals surface area (Å²) in [6.07, 6.45) is 1.69. The summed E-state index contributed by atoms with van der Waals surface area (Å²) >= 11 is 0. The molecule has 1 aliphatic carbocycles. The summed E-state index contributed by atoms with van der Waals surface area (Å²) in [5.74, 6) is 0.390. The third-order valence-electron chi connectivity index (χ3n) is 5.26. The molecule has 2 aliphatic rings. The van der Waals surface area contributed by atoms with Gasteiger partial charge in [0.15, 0.2) is 5.82 Å². The van der Waals surface area contributed by atoms with E-state index in [-0.39, 0.29) is 5.97 Å². The Balaban J connectivity index is 1.83. The van der Waals surface area contributed by atoms with E-state index in [4.69, 9.17) is 4.74 Å². The molecule has 0 amide bonds. The normalized spacial score (nSPS) is 16.8. The van der Waals surface area contributed by atoms with Crippen molar-refractivity contribution in [2.75, 3.05) is 44.7 Å². The molecule has 6 heteroatoms. The number of likely N-dealkylation sites (N-methyl/N-ethyl adjacent to an activating group) is 1. The molecule has 0 saturated carbocycles. The Morgan fingerprint density at radius 3 is 2.65 bits per heavy atom. The number of aromatic nitrogens is 2. The number of hydrogen-bond donors (Lipinski definition) is 0. The van der Waals surface area contributed by atoms with Crippen molar-refractivity contribution in [2.24, 2.45) is 0 Å². The van der Waals surface area contributed by atoms with E-state index in [0.717, 1.165) is 55.8 Å². The van der Waals surface area contributed by atoms with Gasteiger partial charge in [-0.05, 0) is 37.9 Å². The fraction of sp³-hybridized carbons (Fsp3) is 0.450. The van der Waals surface area contributed by atoms with Crippen LogP contribution in [0.25, 0.3) is 11.3 Å². The van der Waals surface area contributed by atoms with Crippen molar-refractivity contribution < 1.29 is 9.53 Å². The summed E-state index contributed by atoms with van der Waals surface area (Å²) in [5.41, 5.74) is 4.75. The molecule has 1 aromatic heterocycles. The average Bonchev–Trinajstić information content (AvgIpc) is 2.67. The molecule has 4 rings (SSSR count). The van der Waals surface area contributed by atoms with Crippen molar-refractivity contribution in [1.82, 2.24) is 15.1 Å². The highest BCUT2D eigenvalue weighted by Crippen LogP contribution is 2.36. The van der Waals surface area contributed by atoms with Crippen LogP contribution in [-0.2, 0) is 17.6 Å². The smallest absolute Gasteiger partial charge is 0.342 e. The van der Waals surface area contributed by atoms with Gasteiger partial charge in [0.1, 0.15) is 5.56 Å². The Morgan fingerprint density at radius 1 is 1.12 bits per heavy atom. The van der Waals surface area contributed by atoms with Crippen molar-refractivity contribution in [2.45, 2.75) is 19.8 Å². The molecule has 0 spiro atoms. The molecule has 136 valence electrons. The number of rotatable bonds is 3. The van der Waals surface area contributed by atoms with Gasteiger partial charge in [-0.1, -0.05) is 24.3 Å². The van der Waals surface area contributed by atoms with Gasteiger partial charge in [-0.25, -0.2) is 4.79 Å². The molecule has 1 aliphatic heterocycles. The molecule has 2 heterocycles. The van der Waals surface area contributed by atoms with Crippen molar-refractivity contribution in [3.05, 3.63) is 41.0 Å². The summed E-state index contributed by atoms with van der Waals surface area (Å²) in [6, 6.07) is 8.24. The van der Waals surface area contributed by atoms with Crippen molar-refractivity contribution in [3.8, 4) is 11.3 Å². The zero-order valence-electron chi connectivity index (χ0n) is 15.4. The second-order valence-electron chi connectivity index (χ2n) is 6.89. The number of hydrogen-bond acceptors (Lipinski definition) is 6. The van der Waals surface area contributed by atoms with Crippen LogP contribution < -0.4 is 4.90 Å². The van der Waals surface area contributed by atoms with E-state index in [0.29, 0.717) is 18.0 Å². The van der Waals surface area contributed by atoms with Crippen LogP contribution in [0.15, 0.2) is 24.3 Å². The summed E-state index contributed by atoms with van der Waals surface area (Å²) in [7, 11) is 2.11. The van der Waals surface area contributed by atoms with E-state index >= 15 is 0 Å². The van der Waals surface area contributed by atoms with E-state index < -0.39 is 0 Å². The van der Waals surface area contributed by atoms with Gasteiger partial charge in [0.05, 0.1) is 12.3 Å². The molecule has 2 aromatic rings. The fourth-order valence-corrected chi connectivity index (χ4v) is 3.81. The molecule has 0 N–H and O–H groups in total. The van der Waals surface area contributed by atoms with Crippen LogP contribution in [-0.4, -0.2) is 60.9 Å². The Kier molecular flexibility index (Phi) is 4.59. The number of benzene rings is 1. The molecule has 1 aromatic carbocycles. The Morgan fingerprint density at radius 2 is 1.88 bits per heavy atom. The van der Waals surface area contributed by atoms with Crippen LogP contribution in [0.1, 0.15) is 28.4 Å². The fourth-order valence-electron chi connectivity index (χ4n) is 3.81. The van der Waals surface area contributed by atoms with Crippen molar-refractivity contribution >= 4 is 11.8 Å². The largest absolute Gasteiger partial charge is 0.462 e. The quantitative estimate of drug-likeness (QED) is 0.789. The molecule has 26 heavy (non-hydrogen) atoms. The second-order valence-corrected chi connectivity index (χ2v) is 6.89. The second kappa shape index (κ2) is 7.03. The maximum absolute atomic E-state index is 12.8. The Bertz CT molecular complexity index is 829. The average molecular weight is 352 g/mol. The number of anilines is 1. The zero-order valence-corrected chi connectivity index (χ0v) is 15.4. The molecule has 0 unspecified atom stereocenters. The van der Waals surface area contributed by atoms with E-state index in [1.165, 1.54) is 5.56 Å². The van der Waals surface area contributed by atoms with Gasteiger partial charge in [-0.2, -0.15) is 0 Å². The minimum Gasteiger partial charge on any atom is -0.462 e. The molecule has 0 bridgehead atoms. The van der Waals surface area contributed by atoms with Crippen LogP contribution in [0.3, 0.4) is 0 Å². The first kappa shape index (κ1) is 17.0. The number of aryl methyl sites for hydroxylation is 1. The lowest BCUT2D eigenvalue weighted by Gasteiger charge is -2.34. The first-order valence-corrected chi connectivity index (χ1v) is 9.27. The number of carbonyl (C=O) groups is 1. The lowest BCUT2D eigenvalue weighted by Crippen LogP contribution is -2.45. The third kappa shape index (κ3) is 2.94. The van der Waals surface area contributed by atoms with E-state index in [9.17, 15) is 4.79 Å². The lowest BCUT2D eigenvalue weighted by molar-refractivity contribution is 0.0525. The first-order valence-electron chi connectivity index (χ1n) is 9.27. The van der Waals surface area contributed by atoms with Gasteiger partial charge in [-0.15, -0.1) is 10.2 Å². The monoisotopic (exact) mass is 352 g/mol. The van der Waals surface area contributed by atoms with Gasteiger partial charge in [0.25, 0.3) is 0 Å². The van der Waals surface area contributed by atoms with Gasteiger partial charge in [0.2, 0.25) is 0 Å². The summed E-state index contributed by atoms with van der Waals surface area (Å²) in [5, 5.41) is 9.04. The number of fused-ring (bicyclic) bond motifs is 3. The standard InChI is InChI=1S/C20H24N4O2/c1-3-26-20(25)17-16-9-8-14-6-4-5-7-15(14)18(16)21-22-19(17)24-12-10-23(2)11-13-24/h4-7H,3,8-13H2,1-2H3. The maximum atomic E-state index is 12.8. The molecule has 6 nitrogen and oxygen atoms in total. The lowest BCUT2D eigenvalue weighted by atomic mass is 9.87. The van der Waals surface area contributed by atoms with Gasteiger partial charge in [0, 0.05) is 31.7 Å². The third-order valence-corrected chi connectivity index (χ3v) is 5.26. The minimum absolute atomic E-state index is 0.285. The molecule has 0 atom stereocenters. The van der Waals surface area contributed by atoms with Gasteiger partial charge >= 0.3 is 5.97 Å². The van der Waals surface area contributed by atoms with Crippen LogP contribution >= 0.6 is 0 Å². The topological polar surface area (TPSA) is 58.6 Å². The van der Waals surface area contributed by atoms with Gasteiger partial charge < -0.3 is 14.5 Å². The summed E-state index contributed by atoms with van der Waals surface area (Å²) < 4.78 is 5.39. The van der Waals surface area contributed by atoms with E-state index in [1.54, 1.807) is 0 Å². The van der Waals surface area contributed by atoms with E-state index in [1.807, 2.05) is 19.1 Å². The van der Waals surface area contributed by atoms with Crippen LogP contribution in [0.2, 0.25) is 0 Å². The van der Waals surface area contributed by atoms with Crippen molar-refractivity contribution in [1.29, 1.82) is 0 Å². The predicted octanol–water partition coefficient (Wildman–Crippen LogP) is 2.17. The predicted molar refractivity (Wildman–Crippen MR) is 101 cm³/mol. The number of nitrogens with zero attached hydrogens (tertiary/aromatic N) is 4. The molecular weight excluding hydrogens is 328 g/mol. The SMILES string of the molecule is CCOC(=O)c1c(N2CCN(C)CC2)nnc2c1CCc1ccccc1-2. The van der Waals surface area contributed by atoms with E-state index in [2.05, 4.69) is 39.2 Å². The summed E-state index contributed by atoms with van der Waals surface area (Å²) in [4.78, 5) is 17.3. The molecule has 1 saturated heterocycles. The molecule has 1 fully saturated rings. The highest BCUT2D eigenvalue weighted by Gasteiger charge is 2.30. The molecule has 0 radical (unpaired) electrons.